The van der Waals surface area contributed by atoms with Crippen LogP contribution in [-0.2, 0) is 14.8 Å². The van der Waals surface area contributed by atoms with Crippen LogP contribution in [-0.4, -0.2) is 52.3 Å². The Hall–Kier alpha value is -1.64. The van der Waals surface area contributed by atoms with E-state index < -0.39 is 22.0 Å². The number of hydrogen-bond acceptors (Lipinski definition) is 5. The van der Waals surface area contributed by atoms with Crippen LogP contribution < -0.4 is 9.62 Å². The lowest BCUT2D eigenvalue weighted by atomic mass is 10.1. The largest absolute Gasteiger partial charge is 0.478 e. The molecular formula is C16H24N2O5S. The van der Waals surface area contributed by atoms with Crippen LogP contribution >= 0.6 is 0 Å². The summed E-state index contributed by atoms with van der Waals surface area (Å²) in [5.74, 6) is -1.13. The maximum absolute atomic E-state index is 12.4. The Bertz CT molecular complexity index is 684. The fourth-order valence-electron chi connectivity index (χ4n) is 2.88. The zero-order chi connectivity index (χ0) is 17.7. The summed E-state index contributed by atoms with van der Waals surface area (Å²) in [5, 5.41) is 9.49. The van der Waals surface area contributed by atoms with Crippen molar-refractivity contribution in [2.24, 2.45) is 0 Å². The molecule has 1 aliphatic rings. The van der Waals surface area contributed by atoms with E-state index in [2.05, 4.69) is 4.72 Å². The molecule has 0 aliphatic carbocycles. The predicted molar refractivity (Wildman–Crippen MR) is 91.1 cm³/mol. The summed E-state index contributed by atoms with van der Waals surface area (Å²) in [6.45, 7) is 3.49. The van der Waals surface area contributed by atoms with Gasteiger partial charge in [0.2, 0.25) is 10.0 Å². The highest BCUT2D eigenvalue weighted by Crippen LogP contribution is 2.27. The van der Waals surface area contributed by atoms with E-state index in [-0.39, 0.29) is 17.1 Å². The van der Waals surface area contributed by atoms with Crippen LogP contribution in [0.15, 0.2) is 23.1 Å². The fourth-order valence-corrected chi connectivity index (χ4v) is 4.14. The van der Waals surface area contributed by atoms with Crippen molar-refractivity contribution in [3.05, 3.63) is 23.8 Å². The van der Waals surface area contributed by atoms with Crippen LogP contribution in [0.4, 0.5) is 5.69 Å². The number of piperidine rings is 1. The SMILES string of the molecule is COC[C@@H](C)NS(=O)(=O)c1ccc(N2CCCCC2)c(C(=O)O)c1. The van der Waals surface area contributed by atoms with Crippen molar-refractivity contribution in [2.75, 3.05) is 31.7 Å². The highest BCUT2D eigenvalue weighted by molar-refractivity contribution is 7.89. The highest BCUT2D eigenvalue weighted by Gasteiger charge is 2.23. The van der Waals surface area contributed by atoms with E-state index in [4.69, 9.17) is 4.74 Å². The number of methoxy groups -OCH3 is 1. The number of carbonyl (C=O) groups is 1. The van der Waals surface area contributed by atoms with E-state index in [0.717, 1.165) is 32.4 Å². The van der Waals surface area contributed by atoms with Crippen molar-refractivity contribution in [1.82, 2.24) is 4.72 Å². The minimum atomic E-state index is -3.80. The summed E-state index contributed by atoms with van der Waals surface area (Å²) in [6, 6.07) is 3.87. The number of benzene rings is 1. The topological polar surface area (TPSA) is 95.9 Å². The predicted octanol–water partition coefficient (Wildman–Crippen LogP) is 1.69. The van der Waals surface area contributed by atoms with Gasteiger partial charge in [0.1, 0.15) is 0 Å². The number of hydrogen-bond donors (Lipinski definition) is 2. The van der Waals surface area contributed by atoms with E-state index in [1.165, 1.54) is 19.2 Å². The van der Waals surface area contributed by atoms with Crippen LogP contribution in [0.3, 0.4) is 0 Å². The molecule has 0 bridgehead atoms. The molecule has 24 heavy (non-hydrogen) atoms. The first kappa shape index (κ1) is 18.7. The van der Waals surface area contributed by atoms with Gasteiger partial charge in [-0.2, -0.15) is 0 Å². The molecule has 7 nitrogen and oxygen atoms in total. The van der Waals surface area contributed by atoms with E-state index in [1.807, 2.05) is 4.90 Å². The molecule has 1 aromatic rings. The molecule has 0 saturated carbocycles. The first-order valence-corrected chi connectivity index (χ1v) is 9.47. The van der Waals surface area contributed by atoms with E-state index in [1.54, 1.807) is 13.0 Å². The van der Waals surface area contributed by atoms with Gasteiger partial charge in [-0.1, -0.05) is 0 Å². The molecule has 0 amide bonds. The molecule has 1 aromatic carbocycles. The number of carboxylic acid groups (broad SMARTS) is 1. The van der Waals surface area contributed by atoms with E-state index >= 15 is 0 Å². The van der Waals surface area contributed by atoms with Gasteiger partial charge in [-0.25, -0.2) is 17.9 Å². The summed E-state index contributed by atoms with van der Waals surface area (Å²) < 4.78 is 32.2. The van der Waals surface area contributed by atoms with Gasteiger partial charge in [-0.15, -0.1) is 0 Å². The molecular weight excluding hydrogens is 332 g/mol. The Morgan fingerprint density at radius 1 is 1.33 bits per heavy atom. The molecule has 0 radical (unpaired) electrons. The molecule has 134 valence electrons. The average Bonchev–Trinajstić information content (AvgIpc) is 2.54. The molecule has 2 rings (SSSR count). The second kappa shape index (κ2) is 7.96. The summed E-state index contributed by atoms with van der Waals surface area (Å²) >= 11 is 0. The highest BCUT2D eigenvalue weighted by atomic mass is 32.2. The van der Waals surface area contributed by atoms with Gasteiger partial charge in [0.15, 0.2) is 0 Å². The quantitative estimate of drug-likeness (QED) is 0.772. The molecule has 1 atom stereocenters. The van der Waals surface area contributed by atoms with E-state index in [0.29, 0.717) is 5.69 Å². The fraction of sp³-hybridized carbons (Fsp3) is 0.562. The zero-order valence-electron chi connectivity index (χ0n) is 14.0. The van der Waals surface area contributed by atoms with Gasteiger partial charge in [0.25, 0.3) is 0 Å². The monoisotopic (exact) mass is 356 g/mol. The number of aromatic carboxylic acids is 1. The lowest BCUT2D eigenvalue weighted by Gasteiger charge is -2.30. The number of ether oxygens (including phenoxy) is 1. The van der Waals surface area contributed by atoms with Crippen LogP contribution in [0.1, 0.15) is 36.5 Å². The van der Waals surface area contributed by atoms with Gasteiger partial charge in [-0.05, 0) is 44.4 Å². The molecule has 0 spiro atoms. The Labute approximate surface area is 142 Å². The Morgan fingerprint density at radius 2 is 2.00 bits per heavy atom. The zero-order valence-corrected chi connectivity index (χ0v) is 14.8. The van der Waals surface area contributed by atoms with Crippen molar-refractivity contribution in [2.45, 2.75) is 37.1 Å². The minimum Gasteiger partial charge on any atom is -0.478 e. The number of sulfonamides is 1. The molecule has 0 unspecified atom stereocenters. The third-order valence-electron chi connectivity index (χ3n) is 3.98. The maximum atomic E-state index is 12.4. The lowest BCUT2D eigenvalue weighted by molar-refractivity contribution is 0.0697. The van der Waals surface area contributed by atoms with Crippen molar-refractivity contribution in [3.8, 4) is 0 Å². The number of rotatable bonds is 7. The molecule has 1 fully saturated rings. The van der Waals surface area contributed by atoms with Gasteiger partial charge in [0.05, 0.1) is 22.8 Å². The smallest absolute Gasteiger partial charge is 0.337 e. The van der Waals surface area contributed by atoms with Crippen LogP contribution in [0.25, 0.3) is 0 Å². The Kier molecular flexibility index (Phi) is 6.20. The van der Waals surface area contributed by atoms with Crippen molar-refractivity contribution in [3.63, 3.8) is 0 Å². The number of nitrogens with zero attached hydrogens (tertiary/aromatic N) is 1. The van der Waals surface area contributed by atoms with Crippen molar-refractivity contribution in [1.29, 1.82) is 0 Å². The number of anilines is 1. The third kappa shape index (κ3) is 4.46. The average molecular weight is 356 g/mol. The first-order valence-electron chi connectivity index (χ1n) is 7.98. The lowest BCUT2D eigenvalue weighted by Crippen LogP contribution is -2.36. The Balaban J connectivity index is 2.32. The second-order valence-corrected chi connectivity index (χ2v) is 7.72. The van der Waals surface area contributed by atoms with Crippen LogP contribution in [0.2, 0.25) is 0 Å². The maximum Gasteiger partial charge on any atom is 0.337 e. The van der Waals surface area contributed by atoms with Gasteiger partial charge >= 0.3 is 5.97 Å². The normalized spacial score (nSPS) is 16.8. The minimum absolute atomic E-state index is 0.0131. The first-order chi connectivity index (χ1) is 11.3. The molecule has 1 saturated heterocycles. The summed E-state index contributed by atoms with van der Waals surface area (Å²) in [4.78, 5) is 13.6. The van der Waals surface area contributed by atoms with Gasteiger partial charge < -0.3 is 14.7 Å². The second-order valence-electron chi connectivity index (χ2n) is 6.01. The van der Waals surface area contributed by atoms with Gasteiger partial charge in [0, 0.05) is 26.2 Å². The summed E-state index contributed by atoms with van der Waals surface area (Å²) in [5.41, 5.74) is 0.588. The van der Waals surface area contributed by atoms with Crippen molar-refractivity contribution >= 4 is 21.7 Å². The van der Waals surface area contributed by atoms with Crippen LogP contribution in [0.5, 0.6) is 0 Å². The molecule has 0 aromatic heterocycles. The van der Waals surface area contributed by atoms with E-state index in [9.17, 15) is 18.3 Å². The summed E-state index contributed by atoms with van der Waals surface area (Å²) in [6.07, 6.45) is 3.15. The standard InChI is InChI=1S/C16H24N2O5S/c1-12(11-23-2)17-24(21,22)13-6-7-15(14(10-13)16(19)20)18-8-4-3-5-9-18/h6-7,10,12,17H,3-5,8-9,11H2,1-2H3,(H,19,20)/t12-/m1/s1. The molecule has 2 N–H and O–H groups in total. The number of carboxylic acids is 1. The van der Waals surface area contributed by atoms with Crippen LogP contribution in [0, 0.1) is 0 Å². The number of nitrogens with one attached hydrogen (secondary N) is 1. The summed E-state index contributed by atoms with van der Waals surface area (Å²) in [7, 11) is -2.31. The molecule has 1 heterocycles. The molecule has 1 aliphatic heterocycles. The van der Waals surface area contributed by atoms with Gasteiger partial charge in [-0.3, -0.25) is 0 Å². The van der Waals surface area contributed by atoms with Crippen molar-refractivity contribution < 1.29 is 23.1 Å². The molecule has 8 heteroatoms. The Morgan fingerprint density at radius 3 is 2.58 bits per heavy atom. The third-order valence-corrected chi connectivity index (χ3v) is 5.57.